The van der Waals surface area contributed by atoms with Gasteiger partial charge in [0.2, 0.25) is 0 Å². The Kier molecular flexibility index (Phi) is 8.62. The Morgan fingerprint density at radius 3 is 1.11 bits per heavy atom. The molecule has 0 heterocycles. The Labute approximate surface area is 225 Å². The third kappa shape index (κ3) is 6.31. The largest absolute Gasteiger partial charge is 0.508 e. The van der Waals surface area contributed by atoms with Gasteiger partial charge in [-0.15, -0.1) is 0 Å². The van der Waals surface area contributed by atoms with Crippen molar-refractivity contribution in [1.29, 1.82) is 0 Å². The van der Waals surface area contributed by atoms with E-state index < -0.39 is 0 Å². The van der Waals surface area contributed by atoms with E-state index in [0.29, 0.717) is 17.4 Å². The molecule has 198 valence electrons. The second-order valence-corrected chi connectivity index (χ2v) is 10.6. The summed E-state index contributed by atoms with van der Waals surface area (Å²) in [5.41, 5.74) is 4.91. The fraction of sp³-hybridized carbons (Fsp3) is 0.294. The molecule has 0 radical (unpaired) electrons. The van der Waals surface area contributed by atoms with Crippen molar-refractivity contribution in [3.63, 3.8) is 0 Å². The summed E-state index contributed by atoms with van der Waals surface area (Å²) in [6, 6.07) is 29.9. The fourth-order valence-corrected chi connectivity index (χ4v) is 5.79. The number of hydrogen-bond donors (Lipinski definition) is 4. The molecule has 1 aliphatic carbocycles. The van der Waals surface area contributed by atoms with E-state index in [1.165, 1.54) is 41.5 Å². The van der Waals surface area contributed by atoms with Crippen molar-refractivity contribution in [2.24, 2.45) is 5.92 Å². The molecule has 1 aliphatic rings. The molecular weight excluding hydrogens is 472 g/mol. The van der Waals surface area contributed by atoms with Gasteiger partial charge in [0.1, 0.15) is 23.0 Å². The van der Waals surface area contributed by atoms with Gasteiger partial charge in [0.05, 0.1) is 0 Å². The molecule has 38 heavy (non-hydrogen) atoms. The Bertz CT molecular complexity index is 1180. The monoisotopic (exact) mass is 510 g/mol. The first-order valence-corrected chi connectivity index (χ1v) is 13.5. The highest BCUT2D eigenvalue weighted by molar-refractivity contribution is 5.43. The molecule has 1 saturated carbocycles. The lowest BCUT2D eigenvalue weighted by Crippen LogP contribution is -2.30. The smallest absolute Gasteiger partial charge is 0.115 e. The molecule has 0 bridgehead atoms. The molecule has 4 N–H and O–H groups in total. The summed E-state index contributed by atoms with van der Waals surface area (Å²) >= 11 is 0. The highest BCUT2D eigenvalue weighted by Crippen LogP contribution is 2.45. The first-order valence-electron chi connectivity index (χ1n) is 13.5. The van der Waals surface area contributed by atoms with Crippen LogP contribution < -0.4 is 0 Å². The first kappa shape index (κ1) is 27.1. The molecule has 0 atom stereocenters. The third-order valence-electron chi connectivity index (χ3n) is 7.72. The summed E-state index contributed by atoms with van der Waals surface area (Å²) in [6.45, 7) is 4.34. The average Bonchev–Trinajstić information content (AvgIpc) is 2.92. The van der Waals surface area contributed by atoms with Gasteiger partial charge in [-0.2, -0.15) is 0 Å². The van der Waals surface area contributed by atoms with Gasteiger partial charge in [0.15, 0.2) is 0 Å². The number of phenols is 4. The second-order valence-electron chi connectivity index (χ2n) is 10.6. The SMILES string of the molecule is CC(C)C(c1ccc(O)cc1)c1ccc(O)cc1.Oc1ccc(C2(c3ccc(O)cc3)CCCCC2)cc1. The summed E-state index contributed by atoms with van der Waals surface area (Å²) in [7, 11) is 0. The Balaban J connectivity index is 0.000000178. The highest BCUT2D eigenvalue weighted by atomic mass is 16.3. The Hall–Kier alpha value is -3.92. The van der Waals surface area contributed by atoms with Crippen LogP contribution in [0.1, 0.15) is 74.1 Å². The number of benzene rings is 4. The van der Waals surface area contributed by atoms with Crippen LogP contribution in [0, 0.1) is 5.92 Å². The molecule has 0 spiro atoms. The van der Waals surface area contributed by atoms with Gasteiger partial charge in [-0.3, -0.25) is 0 Å². The zero-order valence-electron chi connectivity index (χ0n) is 22.2. The van der Waals surface area contributed by atoms with Gasteiger partial charge >= 0.3 is 0 Å². The number of phenolic OH excluding ortho intramolecular Hbond substituents is 4. The summed E-state index contributed by atoms with van der Waals surface area (Å²) in [5, 5.41) is 37.7. The van der Waals surface area contributed by atoms with Crippen LogP contribution in [0.25, 0.3) is 0 Å². The molecular formula is C34H38O4. The maximum absolute atomic E-state index is 9.51. The van der Waals surface area contributed by atoms with E-state index in [2.05, 4.69) is 13.8 Å². The van der Waals surface area contributed by atoms with E-state index in [1.54, 1.807) is 48.5 Å². The minimum Gasteiger partial charge on any atom is -0.508 e. The molecule has 0 unspecified atom stereocenters. The summed E-state index contributed by atoms with van der Waals surface area (Å²) in [6.07, 6.45) is 5.99. The predicted molar refractivity (Wildman–Crippen MR) is 153 cm³/mol. The molecule has 1 fully saturated rings. The van der Waals surface area contributed by atoms with Crippen LogP contribution in [0.2, 0.25) is 0 Å². The summed E-state index contributed by atoms with van der Waals surface area (Å²) in [5.74, 6) is 1.90. The van der Waals surface area contributed by atoms with Crippen LogP contribution in [0.5, 0.6) is 23.0 Å². The highest BCUT2D eigenvalue weighted by Gasteiger charge is 2.35. The van der Waals surface area contributed by atoms with Gasteiger partial charge in [0.25, 0.3) is 0 Å². The van der Waals surface area contributed by atoms with Crippen molar-refractivity contribution in [2.45, 2.75) is 57.3 Å². The minimum absolute atomic E-state index is 0.0274. The molecule has 4 aromatic rings. The van der Waals surface area contributed by atoms with Crippen LogP contribution >= 0.6 is 0 Å². The third-order valence-corrected chi connectivity index (χ3v) is 7.72. The fourth-order valence-electron chi connectivity index (χ4n) is 5.79. The van der Waals surface area contributed by atoms with Crippen molar-refractivity contribution < 1.29 is 20.4 Å². The lowest BCUT2D eigenvalue weighted by Gasteiger charge is -2.38. The maximum Gasteiger partial charge on any atom is 0.115 e. The van der Waals surface area contributed by atoms with Crippen LogP contribution in [0.4, 0.5) is 0 Å². The quantitative estimate of drug-likeness (QED) is 0.218. The maximum atomic E-state index is 9.51. The minimum atomic E-state index is 0.0274. The average molecular weight is 511 g/mol. The van der Waals surface area contributed by atoms with Gasteiger partial charge in [-0.1, -0.05) is 81.6 Å². The zero-order chi connectivity index (χ0) is 27.1. The molecule has 0 aromatic heterocycles. The van der Waals surface area contributed by atoms with Crippen molar-refractivity contribution in [3.05, 3.63) is 119 Å². The van der Waals surface area contributed by atoms with Crippen LogP contribution in [-0.2, 0) is 5.41 Å². The first-order chi connectivity index (χ1) is 18.3. The van der Waals surface area contributed by atoms with Crippen molar-refractivity contribution in [3.8, 4) is 23.0 Å². The molecule has 0 amide bonds. The lowest BCUT2D eigenvalue weighted by molar-refractivity contribution is 0.345. The van der Waals surface area contributed by atoms with E-state index >= 15 is 0 Å². The van der Waals surface area contributed by atoms with Crippen LogP contribution in [-0.4, -0.2) is 20.4 Å². The van der Waals surface area contributed by atoms with Crippen LogP contribution in [0.15, 0.2) is 97.1 Å². The Morgan fingerprint density at radius 1 is 0.474 bits per heavy atom. The predicted octanol–water partition coefficient (Wildman–Crippen LogP) is 8.23. The van der Waals surface area contributed by atoms with E-state index in [4.69, 9.17) is 0 Å². The van der Waals surface area contributed by atoms with Crippen molar-refractivity contribution in [2.75, 3.05) is 0 Å². The second kappa shape index (κ2) is 12.1. The molecule has 4 heteroatoms. The molecule has 5 rings (SSSR count). The van der Waals surface area contributed by atoms with Crippen LogP contribution in [0.3, 0.4) is 0 Å². The normalized spacial score (nSPS) is 14.6. The van der Waals surface area contributed by atoms with E-state index in [-0.39, 0.29) is 22.8 Å². The standard InChI is InChI=1S/C18H20O2.C16H18O2/c19-16-8-4-14(5-9-16)18(12-2-1-3-13-18)15-6-10-17(20)11-7-15;1-11(2)16(12-3-7-14(17)8-4-12)13-5-9-15(18)10-6-13/h4-11,19-20H,1-3,12-13H2;3-11,16-18H,1-2H3. The van der Waals surface area contributed by atoms with Gasteiger partial charge in [-0.25, -0.2) is 0 Å². The van der Waals surface area contributed by atoms with Crippen molar-refractivity contribution >= 4 is 0 Å². The molecule has 0 saturated heterocycles. The molecule has 0 aliphatic heterocycles. The van der Waals surface area contributed by atoms with Gasteiger partial charge in [-0.05, 0) is 89.5 Å². The van der Waals surface area contributed by atoms with Gasteiger partial charge < -0.3 is 20.4 Å². The van der Waals surface area contributed by atoms with E-state index in [1.807, 2.05) is 48.5 Å². The lowest BCUT2D eigenvalue weighted by atomic mass is 9.65. The molecule has 4 aromatic carbocycles. The summed E-state index contributed by atoms with van der Waals surface area (Å²) < 4.78 is 0. The number of aromatic hydroxyl groups is 4. The molecule has 4 nitrogen and oxygen atoms in total. The number of rotatable bonds is 5. The Morgan fingerprint density at radius 2 is 0.789 bits per heavy atom. The van der Waals surface area contributed by atoms with Gasteiger partial charge in [0, 0.05) is 11.3 Å². The topological polar surface area (TPSA) is 80.9 Å². The van der Waals surface area contributed by atoms with E-state index in [0.717, 1.165) is 12.8 Å². The number of hydrogen-bond acceptors (Lipinski definition) is 4. The zero-order valence-corrected chi connectivity index (χ0v) is 22.2. The summed E-state index contributed by atoms with van der Waals surface area (Å²) in [4.78, 5) is 0. The van der Waals surface area contributed by atoms with Crippen molar-refractivity contribution in [1.82, 2.24) is 0 Å². The van der Waals surface area contributed by atoms with E-state index in [9.17, 15) is 20.4 Å².